The van der Waals surface area contributed by atoms with Crippen molar-refractivity contribution in [3.63, 3.8) is 0 Å². The summed E-state index contributed by atoms with van der Waals surface area (Å²) in [6.45, 7) is 12.8. The molecule has 2 unspecified atom stereocenters. The van der Waals surface area contributed by atoms with Crippen molar-refractivity contribution in [1.29, 1.82) is 0 Å². The standard InChI is InChI=1S/C24H35N3O4S/c1-7-16-9-8-10-17(13-16)20(21(28)25-15(2)3)27(18-11-12-18)22(29)19(14-32)26-23(30)31-24(4,5)6/h7-10,13,15,18-20,32H,1,11-12,14H2,2-6H3,(H,25,28)(H,26,30). The van der Waals surface area contributed by atoms with Crippen LogP contribution in [0.3, 0.4) is 0 Å². The Morgan fingerprint density at radius 1 is 1.25 bits per heavy atom. The fourth-order valence-electron chi connectivity index (χ4n) is 3.34. The van der Waals surface area contributed by atoms with E-state index in [0.717, 1.165) is 18.4 Å². The van der Waals surface area contributed by atoms with Gasteiger partial charge in [-0.15, -0.1) is 0 Å². The van der Waals surface area contributed by atoms with Crippen molar-refractivity contribution >= 4 is 36.6 Å². The molecular formula is C24H35N3O4S. The van der Waals surface area contributed by atoms with Gasteiger partial charge in [-0.25, -0.2) is 4.79 Å². The molecule has 0 saturated heterocycles. The van der Waals surface area contributed by atoms with Gasteiger partial charge in [0.1, 0.15) is 17.7 Å². The number of benzene rings is 1. The van der Waals surface area contributed by atoms with Gasteiger partial charge in [0.2, 0.25) is 11.8 Å². The van der Waals surface area contributed by atoms with Crippen LogP contribution in [0.2, 0.25) is 0 Å². The SMILES string of the molecule is C=Cc1cccc(C(C(=O)NC(C)C)N(C(=O)C(CS)NC(=O)OC(C)(C)C)C2CC2)c1. The van der Waals surface area contributed by atoms with Crippen molar-refractivity contribution in [2.24, 2.45) is 0 Å². The number of amides is 3. The van der Waals surface area contributed by atoms with Gasteiger partial charge in [-0.1, -0.05) is 30.9 Å². The average Bonchev–Trinajstić information content (AvgIpc) is 3.52. The van der Waals surface area contributed by atoms with Crippen molar-refractivity contribution in [3.8, 4) is 0 Å². The van der Waals surface area contributed by atoms with Crippen LogP contribution in [0.15, 0.2) is 30.8 Å². The lowest BCUT2D eigenvalue weighted by Gasteiger charge is -2.34. The second kappa shape index (κ2) is 10.9. The van der Waals surface area contributed by atoms with Crippen LogP contribution in [0, 0.1) is 0 Å². The van der Waals surface area contributed by atoms with Crippen LogP contribution >= 0.6 is 12.6 Å². The first-order chi connectivity index (χ1) is 15.0. The summed E-state index contributed by atoms with van der Waals surface area (Å²) in [5.74, 6) is -0.551. The Bertz CT molecular complexity index is 846. The van der Waals surface area contributed by atoms with E-state index in [-0.39, 0.29) is 29.7 Å². The summed E-state index contributed by atoms with van der Waals surface area (Å²) in [6, 6.07) is 5.48. The van der Waals surface area contributed by atoms with Gasteiger partial charge in [0, 0.05) is 17.8 Å². The summed E-state index contributed by atoms with van der Waals surface area (Å²) < 4.78 is 5.31. The molecule has 2 rings (SSSR count). The normalized spacial score (nSPS) is 15.5. The van der Waals surface area contributed by atoms with E-state index < -0.39 is 23.8 Å². The lowest BCUT2D eigenvalue weighted by Crippen LogP contribution is -2.55. The first-order valence-corrected chi connectivity index (χ1v) is 11.6. The van der Waals surface area contributed by atoms with E-state index in [1.165, 1.54) is 0 Å². The Morgan fingerprint density at radius 2 is 1.91 bits per heavy atom. The zero-order valence-electron chi connectivity index (χ0n) is 19.6. The first-order valence-electron chi connectivity index (χ1n) is 10.9. The van der Waals surface area contributed by atoms with Crippen molar-refractivity contribution in [1.82, 2.24) is 15.5 Å². The number of ether oxygens (including phenoxy) is 1. The van der Waals surface area contributed by atoms with E-state index in [9.17, 15) is 14.4 Å². The Morgan fingerprint density at radius 3 is 2.41 bits per heavy atom. The molecule has 1 aromatic rings. The van der Waals surface area contributed by atoms with E-state index in [2.05, 4.69) is 29.8 Å². The molecule has 2 atom stereocenters. The maximum Gasteiger partial charge on any atom is 0.408 e. The molecule has 3 amide bonds. The fourth-order valence-corrected chi connectivity index (χ4v) is 3.59. The molecule has 7 nitrogen and oxygen atoms in total. The minimum atomic E-state index is -0.925. The van der Waals surface area contributed by atoms with Crippen molar-refractivity contribution in [2.75, 3.05) is 5.75 Å². The Balaban J connectivity index is 2.40. The smallest absolute Gasteiger partial charge is 0.408 e. The Hall–Kier alpha value is -2.48. The van der Waals surface area contributed by atoms with E-state index in [0.29, 0.717) is 5.56 Å². The van der Waals surface area contributed by atoms with E-state index in [1.54, 1.807) is 31.7 Å². The highest BCUT2D eigenvalue weighted by atomic mass is 32.1. The second-order valence-electron chi connectivity index (χ2n) is 9.30. The molecule has 0 spiro atoms. The minimum absolute atomic E-state index is 0.0759. The molecule has 1 aliphatic rings. The minimum Gasteiger partial charge on any atom is -0.444 e. The van der Waals surface area contributed by atoms with Gasteiger partial charge >= 0.3 is 6.09 Å². The molecule has 8 heteroatoms. The Labute approximate surface area is 196 Å². The van der Waals surface area contributed by atoms with E-state index >= 15 is 0 Å². The summed E-state index contributed by atoms with van der Waals surface area (Å²) in [5.41, 5.74) is 0.844. The predicted octanol–water partition coefficient (Wildman–Crippen LogP) is 3.71. The monoisotopic (exact) mass is 461 g/mol. The van der Waals surface area contributed by atoms with Crippen LogP contribution in [-0.2, 0) is 14.3 Å². The number of nitrogens with zero attached hydrogens (tertiary/aromatic N) is 1. The molecule has 1 aromatic carbocycles. The fraction of sp³-hybridized carbons (Fsp3) is 0.542. The molecule has 0 bridgehead atoms. The van der Waals surface area contributed by atoms with Crippen molar-refractivity contribution < 1.29 is 19.1 Å². The molecular weight excluding hydrogens is 426 g/mol. The van der Waals surface area contributed by atoms with Crippen LogP contribution in [-0.4, -0.2) is 52.3 Å². The molecule has 0 radical (unpaired) electrons. The molecule has 1 aliphatic carbocycles. The third-order valence-electron chi connectivity index (χ3n) is 4.79. The number of carbonyl (C=O) groups is 3. The summed E-state index contributed by atoms with van der Waals surface area (Å²) in [7, 11) is 0. The van der Waals surface area contributed by atoms with Crippen LogP contribution in [0.4, 0.5) is 4.79 Å². The van der Waals surface area contributed by atoms with Gasteiger partial charge in [-0.2, -0.15) is 12.6 Å². The number of carbonyl (C=O) groups excluding carboxylic acids is 3. The lowest BCUT2D eigenvalue weighted by atomic mass is 10.00. The highest BCUT2D eigenvalue weighted by Crippen LogP contribution is 2.36. The summed E-state index contributed by atoms with van der Waals surface area (Å²) in [6.07, 6.45) is 2.59. The highest BCUT2D eigenvalue weighted by molar-refractivity contribution is 7.80. The summed E-state index contributed by atoms with van der Waals surface area (Å²) >= 11 is 4.29. The van der Waals surface area contributed by atoms with Crippen LogP contribution in [0.25, 0.3) is 6.08 Å². The first kappa shape index (κ1) is 25.8. The van der Waals surface area contributed by atoms with Gasteiger partial charge in [0.05, 0.1) is 0 Å². The van der Waals surface area contributed by atoms with Crippen LogP contribution < -0.4 is 10.6 Å². The number of alkyl carbamates (subject to hydrolysis) is 1. The van der Waals surface area contributed by atoms with Crippen LogP contribution in [0.1, 0.15) is 64.6 Å². The molecule has 0 heterocycles. The number of rotatable bonds is 9. The van der Waals surface area contributed by atoms with E-state index in [1.807, 2.05) is 38.1 Å². The zero-order valence-corrected chi connectivity index (χ0v) is 20.4. The molecule has 2 N–H and O–H groups in total. The third kappa shape index (κ3) is 7.29. The molecule has 1 saturated carbocycles. The highest BCUT2D eigenvalue weighted by Gasteiger charge is 2.43. The lowest BCUT2D eigenvalue weighted by molar-refractivity contribution is -0.143. The molecule has 32 heavy (non-hydrogen) atoms. The Kier molecular flexibility index (Phi) is 8.78. The largest absolute Gasteiger partial charge is 0.444 e. The van der Waals surface area contributed by atoms with Gasteiger partial charge < -0.3 is 20.3 Å². The number of hydrogen-bond donors (Lipinski definition) is 3. The number of thiol groups is 1. The average molecular weight is 462 g/mol. The third-order valence-corrected chi connectivity index (χ3v) is 5.15. The number of nitrogens with one attached hydrogen (secondary N) is 2. The summed E-state index contributed by atoms with van der Waals surface area (Å²) in [4.78, 5) is 40.8. The quantitative estimate of drug-likeness (QED) is 0.489. The molecule has 1 fully saturated rings. The summed E-state index contributed by atoms with van der Waals surface area (Å²) in [5, 5.41) is 5.55. The van der Waals surface area contributed by atoms with E-state index in [4.69, 9.17) is 4.74 Å². The predicted molar refractivity (Wildman–Crippen MR) is 129 cm³/mol. The zero-order chi connectivity index (χ0) is 24.1. The van der Waals surface area contributed by atoms with Crippen LogP contribution in [0.5, 0.6) is 0 Å². The van der Waals surface area contributed by atoms with Crippen molar-refractivity contribution in [2.45, 2.75) is 77.2 Å². The number of hydrogen-bond acceptors (Lipinski definition) is 5. The molecule has 0 aromatic heterocycles. The topological polar surface area (TPSA) is 87.7 Å². The van der Waals surface area contributed by atoms with Crippen molar-refractivity contribution in [3.05, 3.63) is 42.0 Å². The maximum atomic E-state index is 13.6. The van der Waals surface area contributed by atoms with Gasteiger partial charge in [-0.3, -0.25) is 9.59 Å². The molecule has 0 aliphatic heterocycles. The van der Waals surface area contributed by atoms with Gasteiger partial charge in [0.25, 0.3) is 0 Å². The second-order valence-corrected chi connectivity index (χ2v) is 9.66. The van der Waals surface area contributed by atoms with Gasteiger partial charge in [0.15, 0.2) is 0 Å². The maximum absolute atomic E-state index is 13.6. The van der Waals surface area contributed by atoms with Gasteiger partial charge in [-0.05, 0) is 64.7 Å². The molecule has 176 valence electrons.